The molecule has 0 aliphatic rings. The Bertz CT molecular complexity index is 794. The van der Waals surface area contributed by atoms with Gasteiger partial charge in [0.2, 0.25) is 0 Å². The van der Waals surface area contributed by atoms with Gasteiger partial charge in [-0.25, -0.2) is 4.79 Å². The normalized spacial score (nSPS) is 12.0. The van der Waals surface area contributed by atoms with Crippen LogP contribution in [-0.2, 0) is 4.74 Å². The smallest absolute Gasteiger partial charge is 0.328 e. The van der Waals surface area contributed by atoms with Crippen molar-refractivity contribution >= 4 is 0 Å². The van der Waals surface area contributed by atoms with Crippen LogP contribution in [0, 0.1) is 0 Å². The van der Waals surface area contributed by atoms with Crippen LogP contribution < -0.4 is 20.7 Å². The molecule has 1 N–H and O–H groups in total. The molecule has 1 aromatic carbocycles. The van der Waals surface area contributed by atoms with E-state index in [1.165, 1.54) is 27.5 Å². The van der Waals surface area contributed by atoms with Crippen LogP contribution in [-0.4, -0.2) is 37.5 Å². The molecule has 0 spiro atoms. The number of methoxy groups -OCH3 is 3. The van der Waals surface area contributed by atoms with Gasteiger partial charge in [-0.3, -0.25) is 9.36 Å². The number of hydrogen-bond donors (Lipinski definition) is 1. The van der Waals surface area contributed by atoms with Gasteiger partial charge < -0.3 is 19.2 Å². The largest absolute Gasteiger partial charge is 0.493 e. The van der Waals surface area contributed by atoms with Gasteiger partial charge in [-0.2, -0.15) is 0 Å². The maximum Gasteiger partial charge on any atom is 0.328 e. The third-order valence-electron chi connectivity index (χ3n) is 3.55. The number of aromatic amines is 1. The first-order valence-electron chi connectivity index (χ1n) is 7.09. The van der Waals surface area contributed by atoms with E-state index >= 15 is 0 Å². The zero-order valence-corrected chi connectivity index (χ0v) is 13.6. The van der Waals surface area contributed by atoms with Crippen LogP contribution in [0.25, 0.3) is 11.1 Å². The maximum absolute atomic E-state index is 12.8. The number of ether oxygens (including phenoxy) is 3. The molecule has 124 valence electrons. The van der Waals surface area contributed by atoms with Crippen LogP contribution in [0.5, 0.6) is 11.5 Å². The fourth-order valence-corrected chi connectivity index (χ4v) is 2.50. The molecule has 0 unspecified atom stereocenters. The first-order chi connectivity index (χ1) is 11.0. The summed E-state index contributed by atoms with van der Waals surface area (Å²) in [6.45, 7) is 1.99. The van der Waals surface area contributed by atoms with Crippen molar-refractivity contribution in [2.24, 2.45) is 0 Å². The Balaban J connectivity index is 2.69. The van der Waals surface area contributed by atoms with Crippen LogP contribution in [0.2, 0.25) is 0 Å². The maximum atomic E-state index is 12.8. The summed E-state index contributed by atoms with van der Waals surface area (Å²) in [5.41, 5.74) is -0.0233. The van der Waals surface area contributed by atoms with Crippen molar-refractivity contribution in [1.82, 2.24) is 9.55 Å². The van der Waals surface area contributed by atoms with Crippen molar-refractivity contribution < 1.29 is 14.2 Å². The number of para-hydroxylation sites is 1. The van der Waals surface area contributed by atoms with E-state index in [1.54, 1.807) is 25.1 Å². The predicted octanol–water partition coefficient (Wildman–Crippen LogP) is 1.43. The summed E-state index contributed by atoms with van der Waals surface area (Å²) in [6.07, 6.45) is 1.39. The summed E-state index contributed by atoms with van der Waals surface area (Å²) in [6, 6.07) is 4.83. The number of rotatable bonds is 6. The second kappa shape index (κ2) is 7.15. The quantitative estimate of drug-likeness (QED) is 0.870. The Morgan fingerprint density at radius 1 is 1.13 bits per heavy atom. The first kappa shape index (κ1) is 16.8. The van der Waals surface area contributed by atoms with Gasteiger partial charge in [0.1, 0.15) is 0 Å². The second-order valence-electron chi connectivity index (χ2n) is 5.03. The van der Waals surface area contributed by atoms with Crippen LogP contribution in [0.4, 0.5) is 0 Å². The van der Waals surface area contributed by atoms with Gasteiger partial charge in [0.05, 0.1) is 32.4 Å². The molecule has 1 aromatic heterocycles. The molecule has 0 aliphatic heterocycles. The lowest BCUT2D eigenvalue weighted by molar-refractivity contribution is 0.159. The molecule has 2 rings (SSSR count). The molecule has 0 radical (unpaired) electrons. The van der Waals surface area contributed by atoms with Crippen molar-refractivity contribution in [3.05, 3.63) is 45.2 Å². The van der Waals surface area contributed by atoms with Crippen molar-refractivity contribution in [1.29, 1.82) is 0 Å². The zero-order valence-electron chi connectivity index (χ0n) is 13.6. The summed E-state index contributed by atoms with van der Waals surface area (Å²) >= 11 is 0. The number of nitrogens with zero attached hydrogens (tertiary/aromatic N) is 1. The molecule has 0 bridgehead atoms. The van der Waals surface area contributed by atoms with Crippen molar-refractivity contribution in [3.8, 4) is 22.6 Å². The van der Waals surface area contributed by atoms with E-state index in [0.29, 0.717) is 22.6 Å². The molecule has 0 fully saturated rings. The Labute approximate surface area is 133 Å². The third kappa shape index (κ3) is 3.14. The molecular formula is C16H20N2O5. The molecular weight excluding hydrogens is 300 g/mol. The number of benzene rings is 1. The van der Waals surface area contributed by atoms with Crippen LogP contribution in [0.1, 0.15) is 13.0 Å². The van der Waals surface area contributed by atoms with E-state index in [4.69, 9.17) is 14.2 Å². The molecule has 0 saturated heterocycles. The van der Waals surface area contributed by atoms with E-state index in [2.05, 4.69) is 4.98 Å². The molecule has 7 heteroatoms. The summed E-state index contributed by atoms with van der Waals surface area (Å²) < 4.78 is 16.8. The Morgan fingerprint density at radius 2 is 1.87 bits per heavy atom. The number of hydrogen-bond acceptors (Lipinski definition) is 5. The predicted molar refractivity (Wildman–Crippen MR) is 86.4 cm³/mol. The van der Waals surface area contributed by atoms with Gasteiger partial charge in [-0.15, -0.1) is 0 Å². The topological polar surface area (TPSA) is 82.6 Å². The van der Waals surface area contributed by atoms with Crippen LogP contribution >= 0.6 is 0 Å². The molecule has 2 aromatic rings. The van der Waals surface area contributed by atoms with Crippen LogP contribution in [0.3, 0.4) is 0 Å². The molecule has 7 nitrogen and oxygen atoms in total. The molecule has 1 atom stereocenters. The van der Waals surface area contributed by atoms with Gasteiger partial charge in [-0.05, 0) is 13.0 Å². The average Bonchev–Trinajstić information content (AvgIpc) is 2.54. The van der Waals surface area contributed by atoms with E-state index in [0.717, 1.165) is 4.57 Å². The summed E-state index contributed by atoms with van der Waals surface area (Å²) in [5, 5.41) is 0. The van der Waals surface area contributed by atoms with E-state index < -0.39 is 17.3 Å². The number of nitrogens with one attached hydrogen (secondary N) is 1. The summed E-state index contributed by atoms with van der Waals surface area (Å²) in [4.78, 5) is 27.4. The highest BCUT2D eigenvalue weighted by Gasteiger charge is 2.18. The SMILES string of the molecule is COC[C@@H](C)n1c(=O)[nH]cc(-c2cccc(OC)c2OC)c1=O. The Kier molecular flexibility index (Phi) is 5.23. The fraction of sp³-hybridized carbons (Fsp3) is 0.375. The molecule has 23 heavy (non-hydrogen) atoms. The highest BCUT2D eigenvalue weighted by atomic mass is 16.5. The van der Waals surface area contributed by atoms with Gasteiger partial charge in [-0.1, -0.05) is 12.1 Å². The fourth-order valence-electron chi connectivity index (χ4n) is 2.50. The summed E-state index contributed by atoms with van der Waals surface area (Å²) in [7, 11) is 4.54. The van der Waals surface area contributed by atoms with E-state index in [1.807, 2.05) is 0 Å². The monoisotopic (exact) mass is 320 g/mol. The average molecular weight is 320 g/mol. The molecule has 0 amide bonds. The van der Waals surface area contributed by atoms with Crippen molar-refractivity contribution in [2.45, 2.75) is 13.0 Å². The standard InChI is InChI=1S/C16H20N2O5/c1-10(9-21-2)18-15(19)12(8-17-16(18)20)11-6-5-7-13(22-3)14(11)23-4/h5-8,10H,9H2,1-4H3,(H,17,20)/t10-/m1/s1. The minimum Gasteiger partial charge on any atom is -0.493 e. The van der Waals surface area contributed by atoms with E-state index in [-0.39, 0.29) is 6.61 Å². The van der Waals surface area contributed by atoms with Gasteiger partial charge >= 0.3 is 5.69 Å². The number of aromatic nitrogens is 2. The Hall–Kier alpha value is -2.54. The third-order valence-corrected chi connectivity index (χ3v) is 3.55. The molecule has 0 aliphatic carbocycles. The van der Waals surface area contributed by atoms with Crippen molar-refractivity contribution in [3.63, 3.8) is 0 Å². The highest BCUT2D eigenvalue weighted by Crippen LogP contribution is 2.36. The molecule has 1 heterocycles. The lowest BCUT2D eigenvalue weighted by Gasteiger charge is -2.16. The molecule has 0 saturated carbocycles. The first-order valence-corrected chi connectivity index (χ1v) is 7.09. The van der Waals surface area contributed by atoms with Crippen LogP contribution in [0.15, 0.2) is 34.0 Å². The zero-order chi connectivity index (χ0) is 17.0. The van der Waals surface area contributed by atoms with Crippen molar-refractivity contribution in [2.75, 3.05) is 27.9 Å². The lowest BCUT2D eigenvalue weighted by atomic mass is 10.1. The minimum atomic E-state index is -0.481. The Morgan fingerprint density at radius 3 is 2.48 bits per heavy atom. The van der Waals surface area contributed by atoms with Gasteiger partial charge in [0.25, 0.3) is 5.56 Å². The lowest BCUT2D eigenvalue weighted by Crippen LogP contribution is -2.39. The highest BCUT2D eigenvalue weighted by molar-refractivity contribution is 5.72. The minimum absolute atomic E-state index is 0.252. The van der Waals surface area contributed by atoms with Gasteiger partial charge in [0, 0.05) is 18.9 Å². The summed E-state index contributed by atoms with van der Waals surface area (Å²) in [5.74, 6) is 0.942. The number of H-pyrrole nitrogens is 1. The van der Waals surface area contributed by atoms with Gasteiger partial charge in [0.15, 0.2) is 11.5 Å². The van der Waals surface area contributed by atoms with E-state index in [9.17, 15) is 9.59 Å². The second-order valence-corrected chi connectivity index (χ2v) is 5.03.